The first-order valence-electron chi connectivity index (χ1n) is 10.2. The second kappa shape index (κ2) is 9.91. The van der Waals surface area contributed by atoms with Gasteiger partial charge >= 0.3 is 0 Å². The Morgan fingerprint density at radius 1 is 1.10 bits per heavy atom. The molecule has 1 N–H and O–H groups in total. The Kier molecular flexibility index (Phi) is 6.59. The molecule has 6 heteroatoms. The van der Waals surface area contributed by atoms with Crippen LogP contribution in [0.1, 0.15) is 21.5 Å². The third-order valence-corrected chi connectivity index (χ3v) is 4.95. The van der Waals surface area contributed by atoms with Gasteiger partial charge in [0.2, 0.25) is 0 Å². The molecule has 4 aromatic rings. The third kappa shape index (κ3) is 5.49. The molecule has 0 saturated heterocycles. The first kappa shape index (κ1) is 20.6. The van der Waals surface area contributed by atoms with E-state index in [0.29, 0.717) is 18.7 Å². The molecule has 0 aliphatic rings. The van der Waals surface area contributed by atoms with Crippen LogP contribution in [0.2, 0.25) is 0 Å². The number of ether oxygens (including phenoxy) is 1. The van der Waals surface area contributed by atoms with E-state index < -0.39 is 0 Å². The van der Waals surface area contributed by atoms with Crippen LogP contribution in [0.25, 0.3) is 10.9 Å². The van der Waals surface area contributed by atoms with Gasteiger partial charge in [-0.15, -0.1) is 0 Å². The van der Waals surface area contributed by atoms with Crippen LogP contribution >= 0.6 is 0 Å². The van der Waals surface area contributed by atoms with Crippen molar-refractivity contribution in [2.24, 2.45) is 0 Å². The Labute approximate surface area is 181 Å². The van der Waals surface area contributed by atoms with Crippen molar-refractivity contribution in [1.29, 1.82) is 0 Å². The van der Waals surface area contributed by atoms with E-state index in [1.54, 1.807) is 6.07 Å². The van der Waals surface area contributed by atoms with Gasteiger partial charge in [0, 0.05) is 24.7 Å². The van der Waals surface area contributed by atoms with Crippen LogP contribution in [0.4, 0.5) is 0 Å². The molecule has 4 rings (SSSR count). The van der Waals surface area contributed by atoms with E-state index >= 15 is 0 Å². The lowest BCUT2D eigenvalue weighted by Gasteiger charge is -2.18. The predicted octanol–water partition coefficient (Wildman–Crippen LogP) is 4.27. The van der Waals surface area contributed by atoms with Gasteiger partial charge in [-0.3, -0.25) is 14.7 Å². The largest absolute Gasteiger partial charge is 0.492 e. The quantitative estimate of drug-likeness (QED) is 0.414. The lowest BCUT2D eigenvalue weighted by molar-refractivity contribution is 0.0946. The summed E-state index contributed by atoms with van der Waals surface area (Å²) in [7, 11) is 2.10. The number of aromatic nitrogens is 1. The van der Waals surface area contributed by atoms with E-state index in [2.05, 4.69) is 52.6 Å². The number of hydrogen-bond donors (Lipinski definition) is 1. The summed E-state index contributed by atoms with van der Waals surface area (Å²) in [5.74, 6) is 0.617. The third-order valence-electron chi connectivity index (χ3n) is 4.95. The van der Waals surface area contributed by atoms with Crippen molar-refractivity contribution in [2.75, 3.05) is 20.2 Å². The molecule has 0 aliphatic heterocycles. The minimum atomic E-state index is -0.171. The molecule has 0 saturated carbocycles. The van der Waals surface area contributed by atoms with Crippen molar-refractivity contribution in [2.45, 2.75) is 13.1 Å². The van der Waals surface area contributed by atoms with Crippen LogP contribution in [0.5, 0.6) is 5.75 Å². The van der Waals surface area contributed by atoms with Crippen molar-refractivity contribution in [3.8, 4) is 5.75 Å². The SMILES string of the molecule is CN(Cc1cccc(OCCNC(=O)c2ccoc2)c1)Cc1cccc2cccnc12. The van der Waals surface area contributed by atoms with Gasteiger partial charge in [-0.25, -0.2) is 0 Å². The molecule has 6 nitrogen and oxygen atoms in total. The number of carbonyl (C=O) groups is 1. The van der Waals surface area contributed by atoms with E-state index in [1.807, 2.05) is 30.5 Å². The van der Waals surface area contributed by atoms with E-state index in [4.69, 9.17) is 9.15 Å². The van der Waals surface area contributed by atoms with E-state index in [-0.39, 0.29) is 5.91 Å². The van der Waals surface area contributed by atoms with Gasteiger partial charge in [-0.2, -0.15) is 0 Å². The fourth-order valence-electron chi connectivity index (χ4n) is 3.52. The van der Waals surface area contributed by atoms with Crippen LogP contribution in [-0.2, 0) is 13.1 Å². The summed E-state index contributed by atoms with van der Waals surface area (Å²) in [4.78, 5) is 18.7. The van der Waals surface area contributed by atoms with E-state index in [1.165, 1.54) is 18.1 Å². The van der Waals surface area contributed by atoms with Gasteiger partial charge in [-0.05, 0) is 42.4 Å². The first-order valence-corrected chi connectivity index (χ1v) is 10.2. The molecule has 0 aliphatic carbocycles. The Bertz CT molecular complexity index is 1140. The van der Waals surface area contributed by atoms with Gasteiger partial charge in [0.1, 0.15) is 18.6 Å². The van der Waals surface area contributed by atoms with Crippen LogP contribution in [0, 0.1) is 0 Å². The number of nitrogens with zero attached hydrogens (tertiary/aromatic N) is 2. The zero-order valence-corrected chi connectivity index (χ0v) is 17.5. The van der Waals surface area contributed by atoms with E-state index in [9.17, 15) is 4.79 Å². The summed E-state index contributed by atoms with van der Waals surface area (Å²) < 4.78 is 10.7. The molecular weight excluding hydrogens is 390 g/mol. The fourth-order valence-corrected chi connectivity index (χ4v) is 3.52. The van der Waals surface area contributed by atoms with Crippen molar-refractivity contribution in [3.63, 3.8) is 0 Å². The number of hydrogen-bond acceptors (Lipinski definition) is 5. The van der Waals surface area contributed by atoms with Crippen molar-refractivity contribution < 1.29 is 13.9 Å². The maximum atomic E-state index is 11.9. The zero-order valence-electron chi connectivity index (χ0n) is 17.5. The topological polar surface area (TPSA) is 67.6 Å². The maximum Gasteiger partial charge on any atom is 0.254 e. The number of carbonyl (C=O) groups excluding carboxylic acids is 1. The van der Waals surface area contributed by atoms with Gasteiger partial charge in [0.15, 0.2) is 0 Å². The normalized spacial score (nSPS) is 11.0. The number of amides is 1. The Morgan fingerprint density at radius 2 is 1.97 bits per heavy atom. The molecule has 0 unspecified atom stereocenters. The van der Waals surface area contributed by atoms with Crippen LogP contribution in [-0.4, -0.2) is 36.0 Å². The second-order valence-corrected chi connectivity index (χ2v) is 7.43. The van der Waals surface area contributed by atoms with Crippen LogP contribution in [0.15, 0.2) is 83.8 Å². The van der Waals surface area contributed by atoms with Gasteiger partial charge < -0.3 is 14.5 Å². The molecule has 1 amide bonds. The highest BCUT2D eigenvalue weighted by atomic mass is 16.5. The molecule has 31 heavy (non-hydrogen) atoms. The highest BCUT2D eigenvalue weighted by Crippen LogP contribution is 2.19. The maximum absolute atomic E-state index is 11.9. The molecular formula is C25H25N3O3. The lowest BCUT2D eigenvalue weighted by Crippen LogP contribution is -2.27. The average Bonchev–Trinajstić information content (AvgIpc) is 3.32. The zero-order chi connectivity index (χ0) is 21.5. The minimum Gasteiger partial charge on any atom is -0.492 e. The molecule has 158 valence electrons. The molecule has 0 fully saturated rings. The van der Waals surface area contributed by atoms with Crippen LogP contribution in [0.3, 0.4) is 0 Å². The number of para-hydroxylation sites is 1. The summed E-state index contributed by atoms with van der Waals surface area (Å²) in [5.41, 5.74) is 3.93. The lowest BCUT2D eigenvalue weighted by atomic mass is 10.1. The van der Waals surface area contributed by atoms with Gasteiger partial charge in [0.25, 0.3) is 5.91 Å². The smallest absolute Gasteiger partial charge is 0.254 e. The molecule has 0 bridgehead atoms. The second-order valence-electron chi connectivity index (χ2n) is 7.43. The minimum absolute atomic E-state index is 0.171. The molecule has 2 aromatic carbocycles. The standard InChI is InChI=1S/C25H25N3O3/c1-28(17-21-7-3-6-20-8-4-11-26-24(20)21)16-19-5-2-9-23(15-19)31-14-12-27-25(29)22-10-13-30-18-22/h2-11,13,15,18H,12,14,16-17H2,1H3,(H,27,29). The summed E-state index contributed by atoms with van der Waals surface area (Å²) in [6, 6.07) is 20.0. The van der Waals surface area contributed by atoms with Gasteiger partial charge in [0.05, 0.1) is 23.9 Å². The van der Waals surface area contributed by atoms with Crippen LogP contribution < -0.4 is 10.1 Å². The number of furan rings is 1. The number of nitrogens with one attached hydrogen (secondary N) is 1. The van der Waals surface area contributed by atoms with E-state index in [0.717, 1.165) is 35.3 Å². The summed E-state index contributed by atoms with van der Waals surface area (Å²) in [6.45, 7) is 2.41. The molecule has 2 heterocycles. The molecule has 0 radical (unpaired) electrons. The Hall–Kier alpha value is -3.64. The number of fused-ring (bicyclic) bond motifs is 1. The summed E-state index contributed by atoms with van der Waals surface area (Å²) >= 11 is 0. The molecule has 0 atom stereocenters. The van der Waals surface area contributed by atoms with Crippen molar-refractivity contribution in [1.82, 2.24) is 15.2 Å². The number of benzene rings is 2. The predicted molar refractivity (Wildman–Crippen MR) is 120 cm³/mol. The first-order chi connectivity index (χ1) is 15.2. The monoisotopic (exact) mass is 415 g/mol. The van der Waals surface area contributed by atoms with Gasteiger partial charge in [-0.1, -0.05) is 36.4 Å². The summed E-state index contributed by atoms with van der Waals surface area (Å²) in [5, 5.41) is 3.96. The fraction of sp³-hybridized carbons (Fsp3) is 0.200. The number of pyridine rings is 1. The highest BCUT2D eigenvalue weighted by molar-refractivity contribution is 5.93. The Balaban J connectivity index is 1.29. The number of rotatable bonds is 9. The van der Waals surface area contributed by atoms with Crippen molar-refractivity contribution in [3.05, 3.63) is 96.1 Å². The average molecular weight is 415 g/mol. The van der Waals surface area contributed by atoms with Crippen molar-refractivity contribution >= 4 is 16.8 Å². The summed E-state index contributed by atoms with van der Waals surface area (Å²) in [6.07, 6.45) is 4.74. The highest BCUT2D eigenvalue weighted by Gasteiger charge is 2.08. The molecule has 2 aromatic heterocycles. The molecule has 0 spiro atoms. The Morgan fingerprint density at radius 3 is 2.84 bits per heavy atom.